The molecule has 0 aromatic carbocycles. The van der Waals surface area contributed by atoms with Crippen LogP contribution in [0.4, 0.5) is 0 Å². The van der Waals surface area contributed by atoms with E-state index >= 15 is 0 Å². The van der Waals surface area contributed by atoms with Crippen LogP contribution in [-0.4, -0.2) is 38.9 Å². The number of hydrogen-bond acceptors (Lipinski definition) is 5. The van der Waals surface area contributed by atoms with Gasteiger partial charge in [-0.25, -0.2) is 9.59 Å². The van der Waals surface area contributed by atoms with Gasteiger partial charge in [0.15, 0.2) is 0 Å². The van der Waals surface area contributed by atoms with Crippen LogP contribution in [0.5, 0.6) is 0 Å². The number of carbonyl (C=O) groups excluding carboxylic acids is 2. The summed E-state index contributed by atoms with van der Waals surface area (Å²) >= 11 is 0. The standard InChI is InChI=1S/C10H14O5/c1-4-5-6-7-15-8(9(11)13-2)10(12)14-3/h1,8H,5-7H2,2-3H3. The Balaban J connectivity index is 4.09. The second-order valence-corrected chi connectivity index (χ2v) is 2.60. The fraction of sp³-hybridized carbons (Fsp3) is 0.600. The molecule has 0 aliphatic rings. The Morgan fingerprint density at radius 1 is 1.27 bits per heavy atom. The van der Waals surface area contributed by atoms with Crippen molar-refractivity contribution in [3.63, 3.8) is 0 Å². The summed E-state index contributed by atoms with van der Waals surface area (Å²) in [6, 6.07) is 0. The molecule has 5 nitrogen and oxygen atoms in total. The largest absolute Gasteiger partial charge is 0.467 e. The number of ether oxygens (including phenoxy) is 3. The summed E-state index contributed by atoms with van der Waals surface area (Å²) in [6.45, 7) is 0.207. The fourth-order valence-corrected chi connectivity index (χ4v) is 0.822. The molecule has 0 amide bonds. The van der Waals surface area contributed by atoms with Gasteiger partial charge in [0, 0.05) is 13.0 Å². The van der Waals surface area contributed by atoms with E-state index in [9.17, 15) is 9.59 Å². The molecule has 0 aromatic rings. The van der Waals surface area contributed by atoms with Gasteiger partial charge in [0.05, 0.1) is 14.2 Å². The van der Waals surface area contributed by atoms with E-state index in [0.29, 0.717) is 12.8 Å². The van der Waals surface area contributed by atoms with Gasteiger partial charge in [0.1, 0.15) is 0 Å². The van der Waals surface area contributed by atoms with Crippen molar-refractivity contribution in [2.75, 3.05) is 20.8 Å². The quantitative estimate of drug-likeness (QED) is 0.272. The third kappa shape index (κ3) is 5.03. The molecule has 0 aromatic heterocycles. The van der Waals surface area contributed by atoms with E-state index in [2.05, 4.69) is 15.4 Å². The Morgan fingerprint density at radius 2 is 1.80 bits per heavy atom. The van der Waals surface area contributed by atoms with Crippen LogP contribution < -0.4 is 0 Å². The van der Waals surface area contributed by atoms with Crippen molar-refractivity contribution in [2.24, 2.45) is 0 Å². The average molecular weight is 214 g/mol. The molecule has 0 unspecified atom stereocenters. The Morgan fingerprint density at radius 3 is 2.20 bits per heavy atom. The Kier molecular flexibility index (Phi) is 7.02. The van der Waals surface area contributed by atoms with Gasteiger partial charge < -0.3 is 14.2 Å². The Bertz CT molecular complexity index is 237. The molecule has 0 saturated carbocycles. The minimum absolute atomic E-state index is 0.207. The summed E-state index contributed by atoms with van der Waals surface area (Å²) in [5.74, 6) is 0.865. The van der Waals surface area contributed by atoms with E-state index < -0.39 is 18.0 Å². The lowest BCUT2D eigenvalue weighted by atomic mass is 10.3. The highest BCUT2D eigenvalue weighted by atomic mass is 16.6. The molecule has 0 bridgehead atoms. The van der Waals surface area contributed by atoms with Crippen LogP contribution in [0, 0.1) is 12.3 Å². The van der Waals surface area contributed by atoms with Gasteiger partial charge in [0.2, 0.25) is 0 Å². The lowest BCUT2D eigenvalue weighted by molar-refractivity contribution is -0.170. The predicted octanol–water partition coefficient (Wildman–Crippen LogP) is 0.131. The van der Waals surface area contributed by atoms with Crippen LogP contribution in [0.3, 0.4) is 0 Å². The number of esters is 2. The van der Waals surface area contributed by atoms with Crippen LogP contribution in [0.1, 0.15) is 12.8 Å². The number of terminal acetylenes is 1. The molecule has 0 heterocycles. The van der Waals surface area contributed by atoms with E-state index in [1.165, 1.54) is 14.2 Å². The average Bonchev–Trinajstić information content (AvgIpc) is 2.27. The van der Waals surface area contributed by atoms with Crippen LogP contribution in [0.15, 0.2) is 0 Å². The third-order valence-corrected chi connectivity index (χ3v) is 1.58. The molecule has 0 atom stereocenters. The van der Waals surface area contributed by atoms with Gasteiger partial charge in [-0.2, -0.15) is 0 Å². The highest BCUT2D eigenvalue weighted by Gasteiger charge is 2.29. The van der Waals surface area contributed by atoms with E-state index in [4.69, 9.17) is 11.2 Å². The zero-order chi connectivity index (χ0) is 11.7. The fourth-order valence-electron chi connectivity index (χ4n) is 0.822. The first kappa shape index (κ1) is 13.5. The zero-order valence-electron chi connectivity index (χ0n) is 8.82. The maximum Gasteiger partial charge on any atom is 0.346 e. The van der Waals surface area contributed by atoms with Gasteiger partial charge >= 0.3 is 11.9 Å². The minimum atomic E-state index is -1.32. The van der Waals surface area contributed by atoms with Crippen LogP contribution >= 0.6 is 0 Å². The van der Waals surface area contributed by atoms with E-state index in [1.807, 2.05) is 0 Å². The second-order valence-electron chi connectivity index (χ2n) is 2.60. The lowest BCUT2D eigenvalue weighted by Gasteiger charge is -2.12. The first-order valence-electron chi connectivity index (χ1n) is 4.38. The number of hydrogen-bond donors (Lipinski definition) is 0. The number of methoxy groups -OCH3 is 2. The molecule has 84 valence electrons. The molecule has 0 N–H and O–H groups in total. The van der Waals surface area contributed by atoms with Crippen molar-refractivity contribution < 1.29 is 23.8 Å². The van der Waals surface area contributed by atoms with Crippen molar-refractivity contribution in [3.8, 4) is 12.3 Å². The molecule has 0 saturated heterocycles. The van der Waals surface area contributed by atoms with Crippen molar-refractivity contribution >= 4 is 11.9 Å². The molecular weight excluding hydrogens is 200 g/mol. The SMILES string of the molecule is C#CCCCOC(C(=O)OC)C(=O)OC. The summed E-state index contributed by atoms with van der Waals surface area (Å²) < 4.78 is 13.8. The maximum absolute atomic E-state index is 11.1. The minimum Gasteiger partial charge on any atom is -0.467 e. The highest BCUT2D eigenvalue weighted by molar-refractivity contribution is 5.97. The molecule has 0 aliphatic heterocycles. The van der Waals surface area contributed by atoms with Crippen molar-refractivity contribution in [1.29, 1.82) is 0 Å². The highest BCUT2D eigenvalue weighted by Crippen LogP contribution is 2.00. The normalized spacial score (nSPS) is 9.47. The van der Waals surface area contributed by atoms with Crippen LogP contribution in [0.2, 0.25) is 0 Å². The Labute approximate surface area is 88.7 Å². The van der Waals surface area contributed by atoms with Gasteiger partial charge in [-0.3, -0.25) is 0 Å². The summed E-state index contributed by atoms with van der Waals surface area (Å²) in [5, 5.41) is 0. The summed E-state index contributed by atoms with van der Waals surface area (Å²) in [4.78, 5) is 22.2. The number of unbranched alkanes of at least 4 members (excludes halogenated alkanes) is 1. The predicted molar refractivity (Wildman–Crippen MR) is 51.8 cm³/mol. The molecule has 0 rings (SSSR count). The van der Waals surface area contributed by atoms with Gasteiger partial charge in [-0.05, 0) is 6.42 Å². The number of carbonyl (C=O) groups is 2. The van der Waals surface area contributed by atoms with Gasteiger partial charge in [-0.1, -0.05) is 0 Å². The first-order chi connectivity index (χ1) is 7.17. The van der Waals surface area contributed by atoms with Crippen LogP contribution in [0.25, 0.3) is 0 Å². The van der Waals surface area contributed by atoms with Gasteiger partial charge in [0.25, 0.3) is 6.10 Å². The monoisotopic (exact) mass is 214 g/mol. The van der Waals surface area contributed by atoms with E-state index in [0.717, 1.165) is 0 Å². The maximum atomic E-state index is 11.1. The van der Waals surface area contributed by atoms with E-state index in [1.54, 1.807) is 0 Å². The molecular formula is C10H14O5. The Hall–Kier alpha value is -1.54. The van der Waals surface area contributed by atoms with Crippen molar-refractivity contribution in [1.82, 2.24) is 0 Å². The van der Waals surface area contributed by atoms with Crippen molar-refractivity contribution in [3.05, 3.63) is 0 Å². The zero-order valence-corrected chi connectivity index (χ0v) is 8.82. The second kappa shape index (κ2) is 7.83. The lowest BCUT2D eigenvalue weighted by Crippen LogP contribution is -2.35. The molecule has 15 heavy (non-hydrogen) atoms. The molecule has 0 radical (unpaired) electrons. The topological polar surface area (TPSA) is 61.8 Å². The summed E-state index contributed by atoms with van der Waals surface area (Å²) in [7, 11) is 2.34. The summed E-state index contributed by atoms with van der Waals surface area (Å²) in [6.07, 6.45) is 4.80. The van der Waals surface area contributed by atoms with Crippen LogP contribution in [-0.2, 0) is 23.8 Å². The molecule has 0 spiro atoms. The first-order valence-corrected chi connectivity index (χ1v) is 4.38. The third-order valence-electron chi connectivity index (χ3n) is 1.58. The molecule has 0 fully saturated rings. The van der Waals surface area contributed by atoms with Crippen molar-refractivity contribution in [2.45, 2.75) is 18.9 Å². The number of rotatable bonds is 6. The smallest absolute Gasteiger partial charge is 0.346 e. The molecule has 0 aliphatic carbocycles. The summed E-state index contributed by atoms with van der Waals surface area (Å²) in [5.41, 5.74) is 0. The molecule has 5 heteroatoms. The van der Waals surface area contributed by atoms with E-state index in [-0.39, 0.29) is 6.61 Å². The van der Waals surface area contributed by atoms with Gasteiger partial charge in [-0.15, -0.1) is 12.3 Å².